The van der Waals surface area contributed by atoms with Gasteiger partial charge in [-0.2, -0.15) is 0 Å². The Morgan fingerprint density at radius 1 is 1.20 bits per heavy atom. The molecule has 1 aliphatic carbocycles. The van der Waals surface area contributed by atoms with Crippen LogP contribution < -0.4 is 5.73 Å². The maximum absolute atomic E-state index is 5.80. The van der Waals surface area contributed by atoms with E-state index in [9.17, 15) is 0 Å². The lowest BCUT2D eigenvalue weighted by molar-refractivity contribution is 0.167. The van der Waals surface area contributed by atoms with Crippen LogP contribution in [0.5, 0.6) is 0 Å². The van der Waals surface area contributed by atoms with Gasteiger partial charge >= 0.3 is 0 Å². The van der Waals surface area contributed by atoms with Gasteiger partial charge in [-0.1, -0.05) is 19.1 Å². The van der Waals surface area contributed by atoms with Crippen molar-refractivity contribution in [2.45, 2.75) is 38.1 Å². The standard InChI is InChI=1S/C17H29N3/c1-5-20(14(2)12-19(3)4)13-17(10-11-17)15-6-8-16(18)9-7-15/h6-9,14H,5,10-13,18H2,1-4H3. The monoisotopic (exact) mass is 275 g/mol. The van der Waals surface area contributed by atoms with E-state index in [4.69, 9.17) is 5.73 Å². The SMILES string of the molecule is CCN(CC1(c2ccc(N)cc2)CC1)C(C)CN(C)C. The average molecular weight is 275 g/mol. The van der Waals surface area contributed by atoms with E-state index in [0.717, 1.165) is 18.8 Å². The molecule has 0 aromatic heterocycles. The van der Waals surface area contributed by atoms with Gasteiger partial charge in [-0.25, -0.2) is 0 Å². The van der Waals surface area contributed by atoms with Crippen LogP contribution in [-0.2, 0) is 5.41 Å². The third-order valence-electron chi connectivity index (χ3n) is 4.54. The van der Waals surface area contributed by atoms with Gasteiger partial charge in [-0.3, -0.25) is 4.90 Å². The van der Waals surface area contributed by atoms with E-state index in [0.29, 0.717) is 11.5 Å². The third kappa shape index (κ3) is 3.53. The molecule has 20 heavy (non-hydrogen) atoms. The zero-order chi connectivity index (χ0) is 14.8. The molecule has 2 rings (SSSR count). The predicted octanol–water partition coefficient (Wildman–Crippen LogP) is 2.57. The minimum atomic E-state index is 0.379. The summed E-state index contributed by atoms with van der Waals surface area (Å²) in [6.07, 6.45) is 2.62. The van der Waals surface area contributed by atoms with Crippen molar-refractivity contribution in [3.05, 3.63) is 29.8 Å². The molecule has 1 saturated carbocycles. The first-order valence-electron chi connectivity index (χ1n) is 7.71. The molecule has 112 valence electrons. The number of benzene rings is 1. The van der Waals surface area contributed by atoms with Crippen LogP contribution in [0.3, 0.4) is 0 Å². The van der Waals surface area contributed by atoms with Crippen molar-refractivity contribution in [3.8, 4) is 0 Å². The Morgan fingerprint density at radius 2 is 1.80 bits per heavy atom. The molecular formula is C17H29N3. The summed E-state index contributed by atoms with van der Waals surface area (Å²) in [6.45, 7) is 8.01. The minimum Gasteiger partial charge on any atom is -0.399 e. The lowest BCUT2D eigenvalue weighted by atomic mass is 9.94. The van der Waals surface area contributed by atoms with Crippen molar-refractivity contribution in [2.24, 2.45) is 0 Å². The van der Waals surface area contributed by atoms with Crippen molar-refractivity contribution in [2.75, 3.05) is 39.5 Å². The Bertz CT molecular complexity index is 420. The van der Waals surface area contributed by atoms with Crippen molar-refractivity contribution >= 4 is 5.69 Å². The number of nitrogens with zero attached hydrogens (tertiary/aromatic N) is 2. The fourth-order valence-electron chi connectivity index (χ4n) is 3.14. The highest BCUT2D eigenvalue weighted by Crippen LogP contribution is 2.49. The van der Waals surface area contributed by atoms with E-state index < -0.39 is 0 Å². The fourth-order valence-corrected chi connectivity index (χ4v) is 3.14. The van der Waals surface area contributed by atoms with Crippen molar-refractivity contribution in [3.63, 3.8) is 0 Å². The van der Waals surface area contributed by atoms with Gasteiger partial charge in [0.15, 0.2) is 0 Å². The summed E-state index contributed by atoms with van der Waals surface area (Å²) in [5, 5.41) is 0. The summed E-state index contributed by atoms with van der Waals surface area (Å²) < 4.78 is 0. The molecule has 0 aliphatic heterocycles. The fraction of sp³-hybridized carbons (Fsp3) is 0.647. The largest absolute Gasteiger partial charge is 0.399 e. The summed E-state index contributed by atoms with van der Waals surface area (Å²) >= 11 is 0. The van der Waals surface area contributed by atoms with Crippen LogP contribution in [-0.4, -0.2) is 49.6 Å². The first-order valence-corrected chi connectivity index (χ1v) is 7.71. The smallest absolute Gasteiger partial charge is 0.0314 e. The van der Waals surface area contributed by atoms with Gasteiger partial charge in [0.1, 0.15) is 0 Å². The second-order valence-electron chi connectivity index (χ2n) is 6.58. The number of nitrogen functional groups attached to an aromatic ring is 1. The lowest BCUT2D eigenvalue weighted by Crippen LogP contribution is -2.43. The lowest BCUT2D eigenvalue weighted by Gasteiger charge is -2.33. The highest BCUT2D eigenvalue weighted by atomic mass is 15.2. The van der Waals surface area contributed by atoms with Gasteiger partial charge in [0.05, 0.1) is 0 Å². The Hall–Kier alpha value is -1.06. The number of hydrogen-bond acceptors (Lipinski definition) is 3. The maximum atomic E-state index is 5.80. The molecule has 3 nitrogen and oxygen atoms in total. The van der Waals surface area contributed by atoms with Crippen molar-refractivity contribution in [1.29, 1.82) is 0 Å². The Labute approximate surface area is 123 Å². The molecule has 3 heteroatoms. The highest BCUT2D eigenvalue weighted by Gasteiger charge is 2.45. The molecule has 1 aromatic rings. The molecule has 1 aliphatic rings. The highest BCUT2D eigenvalue weighted by molar-refractivity contribution is 5.43. The molecule has 0 bridgehead atoms. The molecule has 1 atom stereocenters. The number of anilines is 1. The van der Waals surface area contributed by atoms with E-state index >= 15 is 0 Å². The van der Waals surface area contributed by atoms with Crippen LogP contribution in [0.1, 0.15) is 32.3 Å². The first-order chi connectivity index (χ1) is 9.47. The molecule has 1 aromatic carbocycles. The van der Waals surface area contributed by atoms with Crippen LogP contribution in [0.4, 0.5) is 5.69 Å². The molecule has 1 unspecified atom stereocenters. The van der Waals surface area contributed by atoms with Crippen molar-refractivity contribution in [1.82, 2.24) is 9.80 Å². The normalized spacial score (nSPS) is 18.5. The number of nitrogens with two attached hydrogens (primary N) is 1. The maximum Gasteiger partial charge on any atom is 0.0314 e. The van der Waals surface area contributed by atoms with E-state index in [1.807, 2.05) is 12.1 Å². The van der Waals surface area contributed by atoms with Crippen LogP contribution in [0.15, 0.2) is 24.3 Å². The number of hydrogen-bond donors (Lipinski definition) is 1. The van der Waals surface area contributed by atoms with Gasteiger partial charge < -0.3 is 10.6 Å². The van der Waals surface area contributed by atoms with Crippen LogP contribution in [0.2, 0.25) is 0 Å². The van der Waals surface area contributed by atoms with Gasteiger partial charge in [0.2, 0.25) is 0 Å². The molecule has 0 heterocycles. The Kier molecular flexibility index (Phi) is 4.71. The average Bonchev–Trinajstić information content (AvgIpc) is 3.17. The van der Waals surface area contributed by atoms with Gasteiger partial charge in [0, 0.05) is 30.2 Å². The topological polar surface area (TPSA) is 32.5 Å². The predicted molar refractivity (Wildman–Crippen MR) is 87.0 cm³/mol. The molecular weight excluding hydrogens is 246 g/mol. The van der Waals surface area contributed by atoms with Crippen LogP contribution >= 0.6 is 0 Å². The summed E-state index contributed by atoms with van der Waals surface area (Å²) in [4.78, 5) is 4.89. The van der Waals surface area contributed by atoms with E-state index in [2.05, 4.69) is 49.9 Å². The third-order valence-corrected chi connectivity index (χ3v) is 4.54. The molecule has 1 fully saturated rings. The molecule has 0 amide bonds. The summed E-state index contributed by atoms with van der Waals surface area (Å²) in [5.41, 5.74) is 8.50. The van der Waals surface area contributed by atoms with E-state index in [1.165, 1.54) is 24.9 Å². The van der Waals surface area contributed by atoms with Gasteiger partial charge in [0.25, 0.3) is 0 Å². The zero-order valence-corrected chi connectivity index (χ0v) is 13.4. The summed E-state index contributed by atoms with van der Waals surface area (Å²) in [7, 11) is 4.30. The second kappa shape index (κ2) is 6.15. The second-order valence-corrected chi connectivity index (χ2v) is 6.58. The number of likely N-dealkylation sites (N-methyl/N-ethyl adjacent to an activating group) is 2. The van der Waals surface area contributed by atoms with Crippen molar-refractivity contribution < 1.29 is 0 Å². The molecule has 0 spiro atoms. The zero-order valence-electron chi connectivity index (χ0n) is 13.4. The van der Waals surface area contributed by atoms with Gasteiger partial charge in [-0.05, 0) is 58.1 Å². The van der Waals surface area contributed by atoms with E-state index in [1.54, 1.807) is 0 Å². The molecule has 0 saturated heterocycles. The summed E-state index contributed by atoms with van der Waals surface area (Å²) in [6, 6.07) is 9.10. The van der Waals surface area contributed by atoms with Gasteiger partial charge in [-0.15, -0.1) is 0 Å². The number of rotatable bonds is 7. The molecule has 0 radical (unpaired) electrons. The summed E-state index contributed by atoms with van der Waals surface area (Å²) in [5.74, 6) is 0. The Morgan fingerprint density at radius 3 is 2.25 bits per heavy atom. The van der Waals surface area contributed by atoms with E-state index in [-0.39, 0.29) is 0 Å². The Balaban J connectivity index is 2.05. The minimum absolute atomic E-state index is 0.379. The first kappa shape index (κ1) is 15.3. The van der Waals surface area contributed by atoms with Crippen LogP contribution in [0, 0.1) is 0 Å². The quantitative estimate of drug-likeness (QED) is 0.776. The van der Waals surface area contributed by atoms with Crippen LogP contribution in [0.25, 0.3) is 0 Å². The molecule has 2 N–H and O–H groups in total.